The molecule has 4 aliphatic rings. The first-order valence-electron chi connectivity index (χ1n) is 14.3. The summed E-state index contributed by atoms with van der Waals surface area (Å²) < 4.78 is 0. The third kappa shape index (κ3) is 5.35. The third-order valence-corrected chi connectivity index (χ3v) is 12.8. The van der Waals surface area contributed by atoms with Gasteiger partial charge in [0.1, 0.15) is 0 Å². The molecule has 0 aromatic heterocycles. The van der Waals surface area contributed by atoms with E-state index in [4.69, 9.17) is 0 Å². The molecular weight excluding hydrogens is 488 g/mol. The number of thioether (sulfide) groups is 1. The Morgan fingerprint density at radius 3 is 2.58 bits per heavy atom. The highest BCUT2D eigenvalue weighted by Crippen LogP contribution is 2.67. The number of hydrogen-bond donors (Lipinski definition) is 0. The molecule has 4 aliphatic carbocycles. The molecule has 1 nitrogen and oxygen atoms in total. The maximum absolute atomic E-state index is 12.3. The molecule has 0 radical (unpaired) electrons. The van der Waals surface area contributed by atoms with Gasteiger partial charge >= 0.3 is 0 Å². The summed E-state index contributed by atoms with van der Waals surface area (Å²) in [5.74, 6) is 3.75. The minimum absolute atomic E-state index is 0.0248. The van der Waals surface area contributed by atoms with Crippen molar-refractivity contribution in [3.8, 4) is 0 Å². The van der Waals surface area contributed by atoms with Crippen LogP contribution in [0.5, 0.6) is 0 Å². The van der Waals surface area contributed by atoms with Crippen molar-refractivity contribution >= 4 is 32.8 Å². The molecule has 8 atom stereocenters. The van der Waals surface area contributed by atoms with Crippen LogP contribution < -0.4 is 0 Å². The zero-order chi connectivity index (χ0) is 23.6. The number of fused-ring (bicyclic) bond motifs is 5. The Morgan fingerprint density at radius 1 is 1.06 bits per heavy atom. The summed E-state index contributed by atoms with van der Waals surface area (Å²) in [4.78, 5) is 12.3. The highest BCUT2D eigenvalue weighted by Gasteiger charge is 2.58. The molecule has 3 saturated carbocycles. The molecule has 0 spiro atoms. The normalized spacial score (nSPS) is 41.0. The second kappa shape index (κ2) is 11.1. The second-order valence-corrected chi connectivity index (χ2v) is 15.2. The molecule has 188 valence electrons. The molecule has 3 fully saturated rings. The lowest BCUT2D eigenvalue weighted by molar-refractivity contribution is -0.110. The first kappa shape index (κ1) is 26.3. The SMILES string of the molecule is CCCCCCCC[C@H]1CC[C@H]2[C@@H]3CC=C4C[C@@H](SC(=O)[C@@H](C)Br)CC[C@]4(C)[C@H]3CC[C@]12C. The summed E-state index contributed by atoms with van der Waals surface area (Å²) in [5, 5.41) is 0.809. The maximum atomic E-state index is 12.3. The standard InChI is InChI=1S/C30H49BrOS/c1-5-6-7-8-9-10-11-22-13-15-26-25-14-12-23-20-24(33-28(32)21(2)31)16-18-30(23,4)27(25)17-19-29(22,26)3/h12,21-22,24-27H,5-11,13-20H2,1-4H3/t21-,22+,24+,25+,26+,27+,29-,30+/m1/s1. The number of carbonyl (C=O) groups excluding carboxylic acids is 1. The summed E-state index contributed by atoms with van der Waals surface area (Å²) >= 11 is 5.09. The van der Waals surface area contributed by atoms with E-state index in [1.165, 1.54) is 89.9 Å². The van der Waals surface area contributed by atoms with E-state index in [-0.39, 0.29) is 4.83 Å². The molecule has 33 heavy (non-hydrogen) atoms. The quantitative estimate of drug-likeness (QED) is 0.165. The third-order valence-electron chi connectivity index (χ3n) is 10.8. The van der Waals surface area contributed by atoms with E-state index in [1.54, 1.807) is 17.3 Å². The van der Waals surface area contributed by atoms with Gasteiger partial charge in [-0.1, -0.05) is 98.6 Å². The van der Waals surface area contributed by atoms with E-state index in [9.17, 15) is 4.79 Å². The predicted octanol–water partition coefficient (Wildman–Crippen LogP) is 9.73. The van der Waals surface area contributed by atoms with Gasteiger partial charge in [-0.25, -0.2) is 0 Å². The van der Waals surface area contributed by atoms with Crippen molar-refractivity contribution in [1.82, 2.24) is 0 Å². The average molecular weight is 538 g/mol. The second-order valence-electron chi connectivity index (χ2n) is 12.6. The Balaban J connectivity index is 1.38. The predicted molar refractivity (Wildman–Crippen MR) is 148 cm³/mol. The van der Waals surface area contributed by atoms with Crippen molar-refractivity contribution in [3.63, 3.8) is 0 Å². The highest BCUT2D eigenvalue weighted by molar-refractivity contribution is 9.10. The van der Waals surface area contributed by atoms with Crippen LogP contribution in [0.2, 0.25) is 0 Å². The molecular formula is C30H49BrOS. The molecule has 0 unspecified atom stereocenters. The van der Waals surface area contributed by atoms with Crippen molar-refractivity contribution in [2.75, 3.05) is 0 Å². The van der Waals surface area contributed by atoms with E-state index in [2.05, 4.69) is 42.8 Å². The van der Waals surface area contributed by atoms with Gasteiger partial charge in [-0.15, -0.1) is 0 Å². The number of alkyl halides is 1. The molecule has 4 rings (SSSR count). The van der Waals surface area contributed by atoms with Gasteiger partial charge in [-0.05, 0) is 99.2 Å². The number of halogens is 1. The summed E-state index contributed by atoms with van der Waals surface area (Å²) in [6, 6.07) is 0. The van der Waals surface area contributed by atoms with Crippen molar-refractivity contribution in [2.24, 2.45) is 34.5 Å². The van der Waals surface area contributed by atoms with Crippen LogP contribution in [0.3, 0.4) is 0 Å². The van der Waals surface area contributed by atoms with Crippen molar-refractivity contribution < 1.29 is 4.79 Å². The van der Waals surface area contributed by atoms with Gasteiger partial charge in [0.05, 0.1) is 4.83 Å². The lowest BCUT2D eigenvalue weighted by atomic mass is 9.47. The van der Waals surface area contributed by atoms with E-state index in [1.807, 2.05) is 6.92 Å². The largest absolute Gasteiger partial charge is 0.286 e. The molecule has 0 N–H and O–H groups in total. The van der Waals surface area contributed by atoms with Gasteiger partial charge in [0.15, 0.2) is 0 Å². The van der Waals surface area contributed by atoms with Crippen LogP contribution in [0.1, 0.15) is 124 Å². The van der Waals surface area contributed by atoms with Crippen LogP contribution in [0.4, 0.5) is 0 Å². The monoisotopic (exact) mass is 536 g/mol. The Morgan fingerprint density at radius 2 is 1.82 bits per heavy atom. The van der Waals surface area contributed by atoms with Crippen LogP contribution >= 0.6 is 27.7 Å². The van der Waals surface area contributed by atoms with Gasteiger partial charge < -0.3 is 0 Å². The number of hydrogen-bond acceptors (Lipinski definition) is 2. The molecule has 0 saturated heterocycles. The van der Waals surface area contributed by atoms with Crippen LogP contribution in [-0.4, -0.2) is 15.2 Å². The van der Waals surface area contributed by atoms with Gasteiger partial charge in [0, 0.05) is 5.25 Å². The summed E-state index contributed by atoms with van der Waals surface area (Å²) in [7, 11) is 0. The molecule has 0 bridgehead atoms. The van der Waals surface area contributed by atoms with E-state index >= 15 is 0 Å². The summed E-state index contributed by atoms with van der Waals surface area (Å²) in [6.07, 6.45) is 23.7. The van der Waals surface area contributed by atoms with Crippen LogP contribution in [0.25, 0.3) is 0 Å². The first-order valence-corrected chi connectivity index (χ1v) is 16.1. The lowest BCUT2D eigenvalue weighted by Crippen LogP contribution is -2.50. The van der Waals surface area contributed by atoms with Crippen molar-refractivity contribution in [3.05, 3.63) is 11.6 Å². The van der Waals surface area contributed by atoms with Crippen LogP contribution in [0.15, 0.2) is 11.6 Å². The minimum Gasteiger partial charge on any atom is -0.286 e. The fraction of sp³-hybridized carbons (Fsp3) is 0.900. The zero-order valence-corrected chi connectivity index (χ0v) is 24.2. The van der Waals surface area contributed by atoms with E-state index < -0.39 is 0 Å². The van der Waals surface area contributed by atoms with Gasteiger partial charge in [-0.2, -0.15) is 0 Å². The lowest BCUT2D eigenvalue weighted by Gasteiger charge is -2.58. The Hall–Kier alpha value is 0.240. The molecule has 3 heteroatoms. The minimum atomic E-state index is -0.0248. The van der Waals surface area contributed by atoms with E-state index in [0.29, 0.717) is 21.2 Å². The summed E-state index contributed by atoms with van der Waals surface area (Å²) in [5.41, 5.74) is 2.73. The first-order chi connectivity index (χ1) is 15.8. The fourth-order valence-corrected chi connectivity index (χ4v) is 10.1. The van der Waals surface area contributed by atoms with Crippen molar-refractivity contribution in [1.29, 1.82) is 0 Å². The fourth-order valence-electron chi connectivity index (χ4n) is 8.74. The maximum Gasteiger partial charge on any atom is 0.202 e. The van der Waals surface area contributed by atoms with Crippen LogP contribution in [-0.2, 0) is 4.79 Å². The van der Waals surface area contributed by atoms with Crippen molar-refractivity contribution in [2.45, 2.75) is 134 Å². The van der Waals surface area contributed by atoms with E-state index in [0.717, 1.165) is 30.1 Å². The van der Waals surface area contributed by atoms with Gasteiger partial charge in [-0.3, -0.25) is 4.79 Å². The Labute approximate surface area is 217 Å². The Bertz CT molecular complexity index is 716. The van der Waals surface area contributed by atoms with Gasteiger partial charge in [0.25, 0.3) is 0 Å². The smallest absolute Gasteiger partial charge is 0.202 e. The van der Waals surface area contributed by atoms with Crippen LogP contribution in [0, 0.1) is 34.5 Å². The molecule has 0 aromatic carbocycles. The molecule has 0 heterocycles. The number of carbonyl (C=O) groups is 1. The molecule has 0 aromatic rings. The number of rotatable bonds is 9. The zero-order valence-electron chi connectivity index (χ0n) is 21.8. The topological polar surface area (TPSA) is 17.1 Å². The van der Waals surface area contributed by atoms with Gasteiger partial charge in [0.2, 0.25) is 5.12 Å². The number of unbranched alkanes of at least 4 members (excludes halogenated alkanes) is 5. The highest BCUT2D eigenvalue weighted by atomic mass is 79.9. The summed E-state index contributed by atoms with van der Waals surface area (Å²) in [6.45, 7) is 9.59. The molecule has 0 aliphatic heterocycles. The molecule has 0 amide bonds. The average Bonchev–Trinajstić information content (AvgIpc) is 3.12. The Kier molecular flexibility index (Phi) is 8.85. The number of allylic oxidation sites excluding steroid dienone is 2.